The van der Waals surface area contributed by atoms with Crippen LogP contribution < -0.4 is 9.47 Å². The normalized spacial score (nSPS) is 10.6. The summed E-state index contributed by atoms with van der Waals surface area (Å²) < 4.78 is 11.2. The van der Waals surface area contributed by atoms with Crippen molar-refractivity contribution in [1.29, 1.82) is 0 Å². The predicted octanol–water partition coefficient (Wildman–Crippen LogP) is 6.29. The van der Waals surface area contributed by atoms with Gasteiger partial charge in [0, 0.05) is 0 Å². The van der Waals surface area contributed by atoms with Crippen molar-refractivity contribution in [3.63, 3.8) is 0 Å². The fourth-order valence-electron chi connectivity index (χ4n) is 3.38. The van der Waals surface area contributed by atoms with Crippen LogP contribution in [0.4, 0.5) is 4.79 Å². The lowest BCUT2D eigenvalue weighted by atomic mass is 9.99. The van der Waals surface area contributed by atoms with Gasteiger partial charge in [0.25, 0.3) is 0 Å². The third-order valence-electron chi connectivity index (χ3n) is 4.60. The van der Waals surface area contributed by atoms with Crippen LogP contribution in [0.15, 0.2) is 36.4 Å². The summed E-state index contributed by atoms with van der Waals surface area (Å²) >= 11 is 0. The van der Waals surface area contributed by atoms with E-state index in [1.54, 1.807) is 0 Å². The van der Waals surface area contributed by atoms with Crippen LogP contribution in [0.1, 0.15) is 62.8 Å². The van der Waals surface area contributed by atoms with E-state index in [4.69, 9.17) is 9.47 Å². The molecule has 0 fully saturated rings. The molecule has 0 bridgehead atoms. The van der Waals surface area contributed by atoms with Gasteiger partial charge in [-0.2, -0.15) is 0 Å². The van der Waals surface area contributed by atoms with Crippen LogP contribution in [-0.4, -0.2) is 6.16 Å². The number of carbonyl (C=O) groups excluding carboxylic acids is 1. The summed E-state index contributed by atoms with van der Waals surface area (Å²) in [7, 11) is 0. The van der Waals surface area contributed by atoms with Gasteiger partial charge in [0.05, 0.1) is 0 Å². The Morgan fingerprint density at radius 2 is 1.31 bits per heavy atom. The summed E-state index contributed by atoms with van der Waals surface area (Å²) in [6, 6.07) is 11.7. The molecule has 0 aliphatic rings. The SMILES string of the molecule is CCCc1cccc(OC(=O)Oc2cccc(CC)c2CC)c1CCC. The molecule has 2 aromatic rings. The Bertz CT molecular complexity index is 734. The van der Waals surface area contributed by atoms with E-state index in [0.717, 1.165) is 49.7 Å². The van der Waals surface area contributed by atoms with E-state index in [1.165, 1.54) is 11.1 Å². The van der Waals surface area contributed by atoms with E-state index in [9.17, 15) is 4.79 Å². The molecule has 0 aromatic heterocycles. The van der Waals surface area contributed by atoms with Gasteiger partial charge in [0.2, 0.25) is 0 Å². The lowest BCUT2D eigenvalue weighted by Crippen LogP contribution is -2.16. The second kappa shape index (κ2) is 10.0. The molecule has 2 aromatic carbocycles. The first-order chi connectivity index (χ1) is 12.6. The van der Waals surface area contributed by atoms with E-state index in [-0.39, 0.29) is 0 Å². The Labute approximate surface area is 157 Å². The van der Waals surface area contributed by atoms with Crippen LogP contribution in [0.2, 0.25) is 0 Å². The molecule has 0 N–H and O–H groups in total. The fourth-order valence-corrected chi connectivity index (χ4v) is 3.38. The van der Waals surface area contributed by atoms with E-state index >= 15 is 0 Å². The van der Waals surface area contributed by atoms with Crippen LogP contribution in [0.25, 0.3) is 0 Å². The van der Waals surface area contributed by atoms with Gasteiger partial charge in [0.15, 0.2) is 0 Å². The minimum atomic E-state index is -0.668. The first kappa shape index (κ1) is 20.0. The molecule has 0 atom stereocenters. The quantitative estimate of drug-likeness (QED) is 0.412. The molecule has 2 rings (SSSR count). The van der Waals surface area contributed by atoms with Gasteiger partial charge in [-0.05, 0) is 60.1 Å². The number of benzene rings is 2. The first-order valence-corrected chi connectivity index (χ1v) is 9.75. The minimum absolute atomic E-state index is 0.596. The summed E-state index contributed by atoms with van der Waals surface area (Å²) in [4.78, 5) is 12.4. The minimum Gasteiger partial charge on any atom is -0.394 e. The summed E-state index contributed by atoms with van der Waals surface area (Å²) in [5.41, 5.74) is 4.64. The number of rotatable bonds is 8. The molecule has 0 aliphatic heterocycles. The average Bonchev–Trinajstić information content (AvgIpc) is 2.64. The van der Waals surface area contributed by atoms with E-state index < -0.39 is 6.16 Å². The molecule has 0 saturated heterocycles. The zero-order valence-corrected chi connectivity index (χ0v) is 16.4. The maximum Gasteiger partial charge on any atom is 0.519 e. The summed E-state index contributed by atoms with van der Waals surface area (Å²) in [6.45, 7) is 8.46. The molecular weight excluding hydrogens is 324 g/mol. The number of aryl methyl sites for hydroxylation is 2. The van der Waals surface area contributed by atoms with Crippen molar-refractivity contribution in [3.05, 3.63) is 58.7 Å². The lowest BCUT2D eigenvalue weighted by Gasteiger charge is -2.15. The van der Waals surface area contributed by atoms with Crippen molar-refractivity contribution in [2.45, 2.75) is 66.2 Å². The smallest absolute Gasteiger partial charge is 0.394 e. The highest BCUT2D eigenvalue weighted by Crippen LogP contribution is 2.27. The third kappa shape index (κ3) is 4.87. The topological polar surface area (TPSA) is 35.5 Å². The zero-order chi connectivity index (χ0) is 18.9. The lowest BCUT2D eigenvalue weighted by molar-refractivity contribution is 0.151. The Kier molecular flexibility index (Phi) is 7.71. The van der Waals surface area contributed by atoms with Gasteiger partial charge in [-0.3, -0.25) is 0 Å². The Balaban J connectivity index is 2.22. The Morgan fingerprint density at radius 3 is 1.85 bits per heavy atom. The van der Waals surface area contributed by atoms with Gasteiger partial charge in [-0.15, -0.1) is 0 Å². The molecule has 0 aliphatic carbocycles. The van der Waals surface area contributed by atoms with Crippen LogP contribution in [0, 0.1) is 0 Å². The molecular formula is C23H30O3. The maximum absolute atomic E-state index is 12.4. The van der Waals surface area contributed by atoms with E-state index in [0.29, 0.717) is 11.5 Å². The van der Waals surface area contributed by atoms with Gasteiger partial charge in [0.1, 0.15) is 11.5 Å². The maximum atomic E-state index is 12.4. The molecule has 0 amide bonds. The van der Waals surface area contributed by atoms with Crippen LogP contribution in [0.3, 0.4) is 0 Å². The van der Waals surface area contributed by atoms with Gasteiger partial charge in [-0.1, -0.05) is 64.8 Å². The fraction of sp³-hybridized carbons (Fsp3) is 0.435. The molecule has 0 spiro atoms. The van der Waals surface area contributed by atoms with Gasteiger partial charge < -0.3 is 9.47 Å². The van der Waals surface area contributed by atoms with Crippen molar-refractivity contribution in [1.82, 2.24) is 0 Å². The summed E-state index contributed by atoms with van der Waals surface area (Å²) in [5.74, 6) is 1.21. The Morgan fingerprint density at radius 1 is 0.731 bits per heavy atom. The van der Waals surface area contributed by atoms with Crippen molar-refractivity contribution in [2.24, 2.45) is 0 Å². The van der Waals surface area contributed by atoms with Crippen molar-refractivity contribution >= 4 is 6.16 Å². The highest BCUT2D eigenvalue weighted by Gasteiger charge is 2.16. The van der Waals surface area contributed by atoms with Gasteiger partial charge in [-0.25, -0.2) is 4.79 Å². The molecule has 0 heterocycles. The largest absolute Gasteiger partial charge is 0.519 e. The summed E-state index contributed by atoms with van der Waals surface area (Å²) in [5, 5.41) is 0. The second-order valence-electron chi connectivity index (χ2n) is 6.45. The molecule has 140 valence electrons. The number of hydrogen-bond acceptors (Lipinski definition) is 3. The molecule has 26 heavy (non-hydrogen) atoms. The molecule has 0 radical (unpaired) electrons. The summed E-state index contributed by atoms with van der Waals surface area (Å²) in [6.07, 6.45) is 5.01. The van der Waals surface area contributed by atoms with E-state index in [1.807, 2.05) is 24.3 Å². The van der Waals surface area contributed by atoms with Crippen molar-refractivity contribution in [2.75, 3.05) is 0 Å². The average molecular weight is 354 g/mol. The second-order valence-corrected chi connectivity index (χ2v) is 6.45. The highest BCUT2D eigenvalue weighted by atomic mass is 16.7. The van der Waals surface area contributed by atoms with Crippen LogP contribution in [0.5, 0.6) is 11.5 Å². The standard InChI is InChI=1S/C23H30O3/c1-5-11-18-14-10-16-22(20(18)12-6-2)26-23(24)25-21-15-9-13-17(7-3)19(21)8-4/h9-10,13-16H,5-8,11-12H2,1-4H3. The molecule has 3 heteroatoms. The van der Waals surface area contributed by atoms with Crippen molar-refractivity contribution < 1.29 is 14.3 Å². The first-order valence-electron chi connectivity index (χ1n) is 9.75. The number of carbonyl (C=O) groups is 1. The highest BCUT2D eigenvalue weighted by molar-refractivity contribution is 5.68. The van der Waals surface area contributed by atoms with Crippen LogP contribution in [-0.2, 0) is 25.7 Å². The number of hydrogen-bond donors (Lipinski definition) is 0. The number of ether oxygens (including phenoxy) is 2. The zero-order valence-electron chi connectivity index (χ0n) is 16.4. The van der Waals surface area contributed by atoms with Crippen molar-refractivity contribution in [3.8, 4) is 11.5 Å². The predicted molar refractivity (Wildman–Crippen MR) is 106 cm³/mol. The molecule has 0 unspecified atom stereocenters. The van der Waals surface area contributed by atoms with Crippen LogP contribution >= 0.6 is 0 Å². The molecule has 3 nitrogen and oxygen atoms in total. The molecule has 0 saturated carbocycles. The third-order valence-corrected chi connectivity index (χ3v) is 4.60. The van der Waals surface area contributed by atoms with E-state index in [2.05, 4.69) is 39.8 Å². The Hall–Kier alpha value is -2.29. The monoisotopic (exact) mass is 354 g/mol. The van der Waals surface area contributed by atoms with Gasteiger partial charge >= 0.3 is 6.16 Å².